The largest absolute Gasteiger partial charge is 0.490 e. The first-order valence-electron chi connectivity index (χ1n) is 9.16. The molecule has 0 saturated heterocycles. The number of carbonyl (C=O) groups is 1. The highest BCUT2D eigenvalue weighted by Gasteiger charge is 2.18. The lowest BCUT2D eigenvalue weighted by atomic mass is 9.99. The summed E-state index contributed by atoms with van der Waals surface area (Å²) in [5, 5.41) is 3.94. The molecule has 0 spiro atoms. The summed E-state index contributed by atoms with van der Waals surface area (Å²) < 4.78 is 16.4. The molecule has 0 aliphatic rings. The Hall–Kier alpha value is -2.60. The van der Waals surface area contributed by atoms with Crippen molar-refractivity contribution < 1.29 is 18.7 Å². The van der Waals surface area contributed by atoms with Gasteiger partial charge in [-0.2, -0.15) is 0 Å². The monoisotopic (exact) mass is 373 g/mol. The van der Waals surface area contributed by atoms with Crippen molar-refractivity contribution in [3.8, 4) is 5.75 Å². The van der Waals surface area contributed by atoms with Crippen molar-refractivity contribution in [1.82, 2.24) is 5.32 Å². The fourth-order valence-corrected chi connectivity index (χ4v) is 3.03. The summed E-state index contributed by atoms with van der Waals surface area (Å²) in [5.74, 6) is 0.569. The quantitative estimate of drug-likeness (QED) is 0.391. The third-order valence-electron chi connectivity index (χ3n) is 4.31. The fraction of sp³-hybridized carbons (Fsp3) is 0.429. The lowest BCUT2D eigenvalue weighted by molar-refractivity contribution is 0.112. The lowest BCUT2D eigenvalue weighted by Gasteiger charge is -2.15. The number of hydrogen-bond donors (Lipinski definition) is 1. The van der Waals surface area contributed by atoms with Gasteiger partial charge in [0.2, 0.25) is 0 Å². The molecule has 2 rings (SSSR count). The van der Waals surface area contributed by atoms with Gasteiger partial charge in [-0.05, 0) is 38.0 Å². The molecule has 0 amide bonds. The van der Waals surface area contributed by atoms with Crippen molar-refractivity contribution in [2.75, 3.05) is 26.9 Å². The molecule has 0 unspecified atom stereocenters. The summed E-state index contributed by atoms with van der Waals surface area (Å²) in [6, 6.07) is 3.33. The molecule has 6 heteroatoms. The van der Waals surface area contributed by atoms with E-state index in [1.165, 1.54) is 0 Å². The number of ether oxygens (including phenoxy) is 2. The highest BCUT2D eigenvalue weighted by Crippen LogP contribution is 2.32. The molecular formula is C21H27NO5. The van der Waals surface area contributed by atoms with Crippen LogP contribution in [0.1, 0.15) is 41.8 Å². The van der Waals surface area contributed by atoms with Crippen LogP contribution in [0.3, 0.4) is 0 Å². The Kier molecular flexibility index (Phi) is 7.61. The normalized spacial score (nSPS) is 11.6. The second-order valence-corrected chi connectivity index (χ2v) is 6.15. The van der Waals surface area contributed by atoms with Gasteiger partial charge < -0.3 is 19.2 Å². The minimum absolute atomic E-state index is 0.260. The zero-order valence-electron chi connectivity index (χ0n) is 16.4. The molecule has 1 heterocycles. The number of nitrogens with one attached hydrogen (secondary N) is 1. The number of allylic oxidation sites excluding steroid dienone is 2. The summed E-state index contributed by atoms with van der Waals surface area (Å²) >= 11 is 0. The molecule has 0 aliphatic carbocycles. The van der Waals surface area contributed by atoms with Gasteiger partial charge in [0.1, 0.15) is 12.4 Å². The predicted octanol–water partition coefficient (Wildman–Crippen LogP) is 3.39. The van der Waals surface area contributed by atoms with E-state index < -0.39 is 5.63 Å². The molecule has 0 atom stereocenters. The summed E-state index contributed by atoms with van der Waals surface area (Å²) in [4.78, 5) is 24.0. The van der Waals surface area contributed by atoms with E-state index in [2.05, 4.69) is 11.4 Å². The van der Waals surface area contributed by atoms with Crippen LogP contribution in [0.25, 0.3) is 11.0 Å². The number of aryl methyl sites for hydroxylation is 1. The molecule has 1 aromatic carbocycles. The molecule has 27 heavy (non-hydrogen) atoms. The summed E-state index contributed by atoms with van der Waals surface area (Å²) in [5.41, 5.74) is 2.45. The topological polar surface area (TPSA) is 77.8 Å². The number of aldehydes is 1. The van der Waals surface area contributed by atoms with E-state index in [1.807, 2.05) is 20.8 Å². The number of fused-ring (bicyclic) bond motifs is 1. The van der Waals surface area contributed by atoms with Gasteiger partial charge in [0.05, 0.1) is 17.6 Å². The highest BCUT2D eigenvalue weighted by atomic mass is 16.5. The minimum Gasteiger partial charge on any atom is -0.490 e. The van der Waals surface area contributed by atoms with Crippen LogP contribution in [0.15, 0.2) is 33.1 Å². The molecular weight excluding hydrogens is 346 g/mol. The molecule has 1 N–H and O–H groups in total. The molecule has 0 fully saturated rings. The highest BCUT2D eigenvalue weighted by molar-refractivity contribution is 5.99. The van der Waals surface area contributed by atoms with Gasteiger partial charge in [-0.25, -0.2) is 4.79 Å². The summed E-state index contributed by atoms with van der Waals surface area (Å²) in [7, 11) is 1.60. The van der Waals surface area contributed by atoms with Gasteiger partial charge >= 0.3 is 5.63 Å². The minimum atomic E-state index is -0.433. The first-order chi connectivity index (χ1) is 13.1. The predicted molar refractivity (Wildman–Crippen MR) is 106 cm³/mol. The van der Waals surface area contributed by atoms with Crippen molar-refractivity contribution in [2.24, 2.45) is 0 Å². The third-order valence-corrected chi connectivity index (χ3v) is 4.31. The van der Waals surface area contributed by atoms with Crippen LogP contribution >= 0.6 is 0 Å². The van der Waals surface area contributed by atoms with Crippen molar-refractivity contribution in [3.63, 3.8) is 0 Å². The Morgan fingerprint density at radius 2 is 2.04 bits per heavy atom. The van der Waals surface area contributed by atoms with Gasteiger partial charge in [-0.3, -0.25) is 4.79 Å². The van der Waals surface area contributed by atoms with Crippen molar-refractivity contribution in [1.29, 1.82) is 0 Å². The Morgan fingerprint density at radius 1 is 1.26 bits per heavy atom. The molecule has 146 valence electrons. The van der Waals surface area contributed by atoms with E-state index in [0.717, 1.165) is 24.2 Å². The third kappa shape index (κ3) is 4.77. The van der Waals surface area contributed by atoms with Crippen LogP contribution in [0.2, 0.25) is 0 Å². The van der Waals surface area contributed by atoms with E-state index >= 15 is 0 Å². The summed E-state index contributed by atoms with van der Waals surface area (Å²) in [6.07, 6.45) is 4.05. The molecule has 0 aliphatic heterocycles. The summed E-state index contributed by atoms with van der Waals surface area (Å²) in [6.45, 7) is 7.48. The van der Waals surface area contributed by atoms with E-state index in [9.17, 15) is 9.59 Å². The number of rotatable bonds is 10. The number of likely N-dealkylation sites (N-methyl/N-ethyl adjacent to an activating group) is 1. The van der Waals surface area contributed by atoms with Gasteiger partial charge in [-0.1, -0.05) is 13.0 Å². The van der Waals surface area contributed by atoms with Gasteiger partial charge in [-0.15, -0.1) is 0 Å². The van der Waals surface area contributed by atoms with E-state index in [4.69, 9.17) is 13.9 Å². The Bertz CT molecular complexity index is 882. The van der Waals surface area contributed by atoms with Crippen LogP contribution in [-0.4, -0.2) is 33.2 Å². The molecule has 1 aromatic heterocycles. The maximum Gasteiger partial charge on any atom is 0.340 e. The van der Waals surface area contributed by atoms with Gasteiger partial charge in [0.15, 0.2) is 11.9 Å². The first-order valence-corrected chi connectivity index (χ1v) is 9.16. The van der Waals surface area contributed by atoms with Crippen molar-refractivity contribution in [2.45, 2.75) is 33.6 Å². The Balaban J connectivity index is 2.62. The smallest absolute Gasteiger partial charge is 0.340 e. The number of carbonyl (C=O) groups excluding carboxylic acids is 1. The Morgan fingerprint density at radius 3 is 2.67 bits per heavy atom. The zero-order valence-corrected chi connectivity index (χ0v) is 16.4. The molecule has 0 saturated carbocycles. The standard InChI is InChI=1S/C21H27NO5/c1-5-7-16(22-6-2)12-17-14(3)19-18(26-11-10-25-4)9-8-15(13-23)20(19)27-21(17)24/h7-9,13,22H,5-6,10-12H2,1-4H3/b16-7+. The fourth-order valence-electron chi connectivity index (χ4n) is 3.03. The molecule has 6 nitrogen and oxygen atoms in total. The van der Waals surface area contributed by atoms with Crippen LogP contribution in [0.4, 0.5) is 0 Å². The number of methoxy groups -OCH3 is 1. The van der Waals surface area contributed by atoms with Crippen LogP contribution in [-0.2, 0) is 11.2 Å². The number of hydrogen-bond acceptors (Lipinski definition) is 6. The second-order valence-electron chi connectivity index (χ2n) is 6.15. The zero-order chi connectivity index (χ0) is 19.8. The average molecular weight is 373 g/mol. The lowest BCUT2D eigenvalue weighted by Crippen LogP contribution is -2.19. The molecule has 0 bridgehead atoms. The maximum absolute atomic E-state index is 12.6. The molecule has 2 aromatic rings. The van der Waals surface area contributed by atoms with Crippen LogP contribution < -0.4 is 15.7 Å². The van der Waals surface area contributed by atoms with Crippen LogP contribution in [0.5, 0.6) is 5.75 Å². The van der Waals surface area contributed by atoms with E-state index in [-0.39, 0.29) is 5.58 Å². The average Bonchev–Trinajstić information content (AvgIpc) is 2.65. The first kappa shape index (κ1) is 20.7. The van der Waals surface area contributed by atoms with Gasteiger partial charge in [0, 0.05) is 31.3 Å². The maximum atomic E-state index is 12.6. The van der Waals surface area contributed by atoms with Gasteiger partial charge in [0.25, 0.3) is 0 Å². The van der Waals surface area contributed by atoms with Crippen LogP contribution in [0, 0.1) is 6.92 Å². The molecule has 0 radical (unpaired) electrons. The van der Waals surface area contributed by atoms with Crippen molar-refractivity contribution >= 4 is 17.3 Å². The van der Waals surface area contributed by atoms with E-state index in [1.54, 1.807) is 19.2 Å². The second kappa shape index (κ2) is 9.92. The van der Waals surface area contributed by atoms with E-state index in [0.29, 0.717) is 48.2 Å². The SMILES string of the molecule is CC/C=C(\Cc1c(C)c2c(OCCOC)ccc(C=O)c2oc1=O)NCC. The Labute approximate surface area is 159 Å². The van der Waals surface area contributed by atoms with Crippen molar-refractivity contribution in [3.05, 3.63) is 51.0 Å². The number of benzene rings is 1.